The number of H-pyrrole nitrogens is 1. The number of pyridine rings is 2. The number of benzene rings is 1. The quantitative estimate of drug-likeness (QED) is 0.628. The molecule has 2 atom stereocenters. The molecule has 2 N–H and O–H groups in total. The second-order valence-corrected chi connectivity index (χ2v) is 10.0. The lowest BCUT2D eigenvalue weighted by Gasteiger charge is -2.42. The molecule has 1 saturated heterocycles. The van der Waals surface area contributed by atoms with Crippen molar-refractivity contribution in [2.24, 2.45) is 5.92 Å². The minimum Gasteiger partial charge on any atom is -0.477 e. The Bertz CT molecular complexity index is 1460. The van der Waals surface area contributed by atoms with Crippen molar-refractivity contribution in [2.75, 3.05) is 13.1 Å². The van der Waals surface area contributed by atoms with Gasteiger partial charge in [-0.05, 0) is 36.6 Å². The molecule has 2 bridgehead atoms. The molecule has 9 nitrogen and oxygen atoms in total. The first kappa shape index (κ1) is 19.7. The van der Waals surface area contributed by atoms with Crippen molar-refractivity contribution >= 4 is 26.9 Å². The molecule has 160 valence electrons. The van der Waals surface area contributed by atoms with Crippen LogP contribution in [0, 0.1) is 5.92 Å². The number of aromatic nitrogens is 2. The summed E-state index contributed by atoms with van der Waals surface area (Å²) in [5.74, 6) is -1.45. The summed E-state index contributed by atoms with van der Waals surface area (Å²) >= 11 is 0. The third-order valence-corrected chi connectivity index (χ3v) is 7.99. The highest BCUT2D eigenvalue weighted by Crippen LogP contribution is 2.37. The molecule has 1 aromatic carbocycles. The van der Waals surface area contributed by atoms with Gasteiger partial charge in [-0.3, -0.25) is 9.59 Å². The van der Waals surface area contributed by atoms with Crippen LogP contribution in [0.4, 0.5) is 0 Å². The van der Waals surface area contributed by atoms with E-state index in [1.165, 1.54) is 28.6 Å². The zero-order valence-electron chi connectivity index (χ0n) is 16.3. The van der Waals surface area contributed by atoms with E-state index < -0.39 is 27.0 Å². The number of aromatic amines is 1. The summed E-state index contributed by atoms with van der Waals surface area (Å²) < 4.78 is 29.9. The molecule has 2 aliphatic rings. The van der Waals surface area contributed by atoms with Gasteiger partial charge in [-0.2, -0.15) is 4.31 Å². The van der Waals surface area contributed by atoms with Crippen LogP contribution in [0.2, 0.25) is 0 Å². The lowest BCUT2D eigenvalue weighted by Crippen LogP contribution is -2.49. The number of hydrogen-bond acceptors (Lipinski definition) is 5. The SMILES string of the molecule is O=C(O)c1c[nH]c2ccc(S(=O)(=O)N3CC4CC(C3)c3cccc(=O)n3C4)cc2c1=O. The van der Waals surface area contributed by atoms with Crippen LogP contribution in [0.3, 0.4) is 0 Å². The van der Waals surface area contributed by atoms with Crippen LogP contribution >= 0.6 is 0 Å². The highest BCUT2D eigenvalue weighted by molar-refractivity contribution is 7.89. The molecule has 0 saturated carbocycles. The summed E-state index contributed by atoms with van der Waals surface area (Å²) in [6, 6.07) is 9.18. The maximum atomic E-state index is 13.4. The van der Waals surface area contributed by atoms with Crippen LogP contribution < -0.4 is 11.0 Å². The summed E-state index contributed by atoms with van der Waals surface area (Å²) in [4.78, 5) is 38.6. The fraction of sp³-hybridized carbons (Fsp3) is 0.286. The van der Waals surface area contributed by atoms with E-state index in [4.69, 9.17) is 0 Å². The van der Waals surface area contributed by atoms with Crippen molar-refractivity contribution in [2.45, 2.75) is 23.8 Å². The molecule has 5 rings (SSSR count). The van der Waals surface area contributed by atoms with Crippen molar-refractivity contribution in [1.29, 1.82) is 0 Å². The smallest absolute Gasteiger partial charge is 0.341 e. The molecule has 0 aliphatic carbocycles. The molecular weight excluding hydrogens is 422 g/mol. The molecule has 2 aromatic heterocycles. The summed E-state index contributed by atoms with van der Waals surface area (Å²) in [5.41, 5.74) is -0.0623. The van der Waals surface area contributed by atoms with Crippen LogP contribution in [0.5, 0.6) is 0 Å². The van der Waals surface area contributed by atoms with Gasteiger partial charge in [0.15, 0.2) is 0 Å². The van der Waals surface area contributed by atoms with Crippen molar-refractivity contribution < 1.29 is 18.3 Å². The van der Waals surface area contributed by atoms with Crippen LogP contribution in [0.1, 0.15) is 28.4 Å². The molecule has 31 heavy (non-hydrogen) atoms. The highest BCUT2D eigenvalue weighted by atomic mass is 32.2. The predicted octanol–water partition coefficient (Wildman–Crippen LogP) is 1.20. The normalized spacial score (nSPS) is 21.0. The monoisotopic (exact) mass is 441 g/mol. The molecule has 0 amide bonds. The van der Waals surface area contributed by atoms with Gasteiger partial charge in [-0.15, -0.1) is 0 Å². The lowest BCUT2D eigenvalue weighted by molar-refractivity contribution is 0.0695. The van der Waals surface area contributed by atoms with Gasteiger partial charge in [0.05, 0.1) is 4.90 Å². The van der Waals surface area contributed by atoms with Gasteiger partial charge in [0.2, 0.25) is 15.5 Å². The van der Waals surface area contributed by atoms with E-state index in [0.29, 0.717) is 12.1 Å². The predicted molar refractivity (Wildman–Crippen MR) is 112 cm³/mol. The van der Waals surface area contributed by atoms with Crippen molar-refractivity contribution in [3.8, 4) is 0 Å². The van der Waals surface area contributed by atoms with Crippen LogP contribution in [-0.2, 0) is 16.6 Å². The first-order chi connectivity index (χ1) is 14.8. The van der Waals surface area contributed by atoms with Gasteiger partial charge >= 0.3 is 5.97 Å². The molecule has 2 aliphatic heterocycles. The first-order valence-electron chi connectivity index (χ1n) is 9.84. The number of aromatic carboxylic acids is 1. The fourth-order valence-corrected chi connectivity index (χ4v) is 6.30. The average Bonchev–Trinajstić information content (AvgIpc) is 2.74. The number of sulfonamides is 1. The Balaban J connectivity index is 1.55. The second kappa shape index (κ2) is 6.89. The standard InChI is InChI=1S/C21H19N3O6S/c25-19-3-1-2-18-13-6-12(10-24(18)19)9-23(11-13)31(29,30)14-4-5-17-15(7-14)20(26)16(8-22-17)21(27)28/h1-5,7-8,12-13H,6,9-11H2,(H,22,26)(H,27,28). The lowest BCUT2D eigenvalue weighted by atomic mass is 9.84. The Labute approximate surface area is 176 Å². The van der Waals surface area contributed by atoms with Crippen molar-refractivity contribution in [1.82, 2.24) is 13.9 Å². The largest absolute Gasteiger partial charge is 0.477 e. The number of nitrogens with one attached hydrogen (secondary N) is 1. The zero-order valence-corrected chi connectivity index (χ0v) is 17.1. The fourth-order valence-electron chi connectivity index (χ4n) is 4.71. The van der Waals surface area contributed by atoms with Crippen molar-refractivity contribution in [3.05, 3.63) is 74.4 Å². The molecule has 2 unspecified atom stereocenters. The minimum absolute atomic E-state index is 0.00933. The molecule has 0 spiro atoms. The van der Waals surface area contributed by atoms with Crippen LogP contribution in [0.15, 0.2) is 57.1 Å². The molecule has 0 radical (unpaired) electrons. The zero-order chi connectivity index (χ0) is 21.9. The van der Waals surface area contributed by atoms with E-state index in [1.807, 2.05) is 6.07 Å². The van der Waals surface area contributed by atoms with Gasteiger partial charge in [0.25, 0.3) is 5.56 Å². The first-order valence-corrected chi connectivity index (χ1v) is 11.3. The Morgan fingerprint density at radius 1 is 1.10 bits per heavy atom. The summed E-state index contributed by atoms with van der Waals surface area (Å²) in [6.45, 7) is 0.992. The van der Waals surface area contributed by atoms with Crippen molar-refractivity contribution in [3.63, 3.8) is 0 Å². The van der Waals surface area contributed by atoms with E-state index in [-0.39, 0.29) is 40.8 Å². The third-order valence-electron chi connectivity index (χ3n) is 6.17. The minimum atomic E-state index is -3.91. The van der Waals surface area contributed by atoms with E-state index in [1.54, 1.807) is 10.6 Å². The molecular formula is C21H19N3O6S. The Morgan fingerprint density at radius 2 is 1.90 bits per heavy atom. The van der Waals surface area contributed by atoms with Crippen LogP contribution in [-0.4, -0.2) is 46.4 Å². The van der Waals surface area contributed by atoms with Gasteiger partial charge in [0, 0.05) is 54.4 Å². The maximum absolute atomic E-state index is 13.4. The van der Waals surface area contributed by atoms with E-state index in [2.05, 4.69) is 4.98 Å². The summed E-state index contributed by atoms with van der Waals surface area (Å²) in [6.07, 6.45) is 1.92. The number of carbonyl (C=O) groups is 1. The number of carboxylic acids is 1. The average molecular weight is 441 g/mol. The molecule has 1 fully saturated rings. The number of piperidine rings is 1. The summed E-state index contributed by atoms with van der Waals surface area (Å²) in [5, 5.41) is 9.19. The Kier molecular flexibility index (Phi) is 4.38. The van der Waals surface area contributed by atoms with Gasteiger partial charge in [-0.1, -0.05) is 6.07 Å². The topological polar surface area (TPSA) is 130 Å². The number of hydrogen-bond donors (Lipinski definition) is 2. The third kappa shape index (κ3) is 3.10. The van der Waals surface area contributed by atoms with E-state index in [9.17, 15) is 27.9 Å². The molecule has 10 heteroatoms. The number of carboxylic acid groups (broad SMARTS) is 1. The van der Waals surface area contributed by atoms with Gasteiger partial charge in [0.1, 0.15) is 5.56 Å². The second-order valence-electron chi connectivity index (χ2n) is 8.06. The van der Waals surface area contributed by atoms with E-state index in [0.717, 1.165) is 18.3 Å². The van der Waals surface area contributed by atoms with E-state index >= 15 is 0 Å². The summed E-state index contributed by atoms with van der Waals surface area (Å²) in [7, 11) is -3.91. The maximum Gasteiger partial charge on any atom is 0.341 e. The number of nitrogens with zero attached hydrogens (tertiary/aromatic N) is 2. The highest BCUT2D eigenvalue weighted by Gasteiger charge is 2.39. The van der Waals surface area contributed by atoms with Gasteiger partial charge in [-0.25, -0.2) is 13.2 Å². The Morgan fingerprint density at radius 3 is 2.68 bits per heavy atom. The number of rotatable bonds is 3. The number of fused-ring (bicyclic) bond motifs is 5. The van der Waals surface area contributed by atoms with Crippen LogP contribution in [0.25, 0.3) is 10.9 Å². The molecule has 3 aromatic rings. The molecule has 4 heterocycles. The Hall–Kier alpha value is -3.24. The van der Waals surface area contributed by atoms with Gasteiger partial charge < -0.3 is 14.7 Å².